The van der Waals surface area contributed by atoms with Gasteiger partial charge in [0.15, 0.2) is 12.1 Å². The molecule has 3 rings (SSSR count). The molecule has 1 aromatic carbocycles. The predicted octanol–water partition coefficient (Wildman–Crippen LogP) is 2.07. The average molecular weight is 351 g/mol. The highest BCUT2D eigenvalue weighted by molar-refractivity contribution is 5.13. The summed E-state index contributed by atoms with van der Waals surface area (Å²) >= 11 is 0. The summed E-state index contributed by atoms with van der Waals surface area (Å²) in [5, 5.41) is 3.40. The standard InChI is InChI=1S/C19H29NO5/c1-19(2)24-17-16(22-13-14-8-5-4-6-9-14)15(23-18(17)25-19)12-20-10-7-11-21-3/h4-6,8-9,15-18,20H,7,10-13H2,1-3H3. The van der Waals surface area contributed by atoms with Crippen molar-refractivity contribution in [3.05, 3.63) is 35.9 Å². The fourth-order valence-electron chi connectivity index (χ4n) is 3.27. The second-order valence-corrected chi connectivity index (χ2v) is 6.95. The van der Waals surface area contributed by atoms with Gasteiger partial charge in [0.1, 0.15) is 18.3 Å². The highest BCUT2D eigenvalue weighted by Gasteiger charge is 2.55. The highest BCUT2D eigenvalue weighted by atomic mass is 16.8. The van der Waals surface area contributed by atoms with Crippen molar-refractivity contribution in [3.8, 4) is 0 Å². The summed E-state index contributed by atoms with van der Waals surface area (Å²) in [6, 6.07) is 10.1. The van der Waals surface area contributed by atoms with Crippen molar-refractivity contribution in [2.75, 3.05) is 26.8 Å². The zero-order valence-electron chi connectivity index (χ0n) is 15.3. The zero-order valence-corrected chi connectivity index (χ0v) is 15.3. The Balaban J connectivity index is 1.57. The van der Waals surface area contributed by atoms with Gasteiger partial charge in [-0.25, -0.2) is 0 Å². The van der Waals surface area contributed by atoms with Crippen molar-refractivity contribution in [1.29, 1.82) is 0 Å². The molecule has 4 unspecified atom stereocenters. The van der Waals surface area contributed by atoms with E-state index in [2.05, 4.69) is 17.4 Å². The quantitative estimate of drug-likeness (QED) is 0.688. The van der Waals surface area contributed by atoms with E-state index in [1.165, 1.54) is 0 Å². The first-order valence-electron chi connectivity index (χ1n) is 8.95. The maximum absolute atomic E-state index is 6.19. The van der Waals surface area contributed by atoms with E-state index < -0.39 is 5.79 Å². The lowest BCUT2D eigenvalue weighted by Gasteiger charge is -2.26. The van der Waals surface area contributed by atoms with Crippen LogP contribution in [0.5, 0.6) is 0 Å². The van der Waals surface area contributed by atoms with Gasteiger partial charge in [-0.1, -0.05) is 30.3 Å². The zero-order chi connectivity index (χ0) is 17.7. The normalized spacial score (nSPS) is 30.5. The van der Waals surface area contributed by atoms with Gasteiger partial charge in [-0.05, 0) is 32.4 Å². The van der Waals surface area contributed by atoms with E-state index in [4.69, 9.17) is 23.7 Å². The van der Waals surface area contributed by atoms with Gasteiger partial charge < -0.3 is 29.0 Å². The summed E-state index contributed by atoms with van der Waals surface area (Å²) in [4.78, 5) is 0. The van der Waals surface area contributed by atoms with E-state index in [9.17, 15) is 0 Å². The molecule has 6 nitrogen and oxygen atoms in total. The van der Waals surface area contributed by atoms with Gasteiger partial charge in [0.2, 0.25) is 0 Å². The van der Waals surface area contributed by atoms with E-state index in [1.807, 2.05) is 32.0 Å². The number of rotatable bonds is 9. The summed E-state index contributed by atoms with van der Waals surface area (Å²) in [5.74, 6) is -0.638. The third-order valence-electron chi connectivity index (χ3n) is 4.42. The number of hydrogen-bond donors (Lipinski definition) is 1. The van der Waals surface area contributed by atoms with Crippen LogP contribution in [0.3, 0.4) is 0 Å². The van der Waals surface area contributed by atoms with Crippen LogP contribution in [0.15, 0.2) is 30.3 Å². The second-order valence-electron chi connectivity index (χ2n) is 6.95. The van der Waals surface area contributed by atoms with Gasteiger partial charge >= 0.3 is 0 Å². The first kappa shape index (κ1) is 18.8. The second kappa shape index (κ2) is 8.58. The Kier molecular flexibility index (Phi) is 6.44. The Morgan fingerprint density at radius 1 is 1.16 bits per heavy atom. The molecule has 0 spiro atoms. The monoisotopic (exact) mass is 351 g/mol. The Bertz CT molecular complexity index is 524. The fourth-order valence-corrected chi connectivity index (χ4v) is 3.27. The third kappa shape index (κ3) is 5.00. The average Bonchev–Trinajstić information content (AvgIpc) is 3.05. The molecule has 0 aliphatic carbocycles. The van der Waals surface area contributed by atoms with Crippen LogP contribution in [0, 0.1) is 0 Å². The van der Waals surface area contributed by atoms with Crippen molar-refractivity contribution in [2.45, 2.75) is 57.3 Å². The highest BCUT2D eigenvalue weighted by Crippen LogP contribution is 2.38. The molecule has 1 aromatic rings. The van der Waals surface area contributed by atoms with E-state index in [0.717, 1.165) is 25.1 Å². The molecule has 4 atom stereocenters. The number of hydrogen-bond acceptors (Lipinski definition) is 6. The molecule has 0 saturated carbocycles. The van der Waals surface area contributed by atoms with Gasteiger partial charge in [0.25, 0.3) is 0 Å². The van der Waals surface area contributed by atoms with Gasteiger partial charge in [0, 0.05) is 20.3 Å². The number of benzene rings is 1. The molecule has 2 fully saturated rings. The molecule has 140 valence electrons. The van der Waals surface area contributed by atoms with E-state index >= 15 is 0 Å². The van der Waals surface area contributed by atoms with Gasteiger partial charge in [-0.3, -0.25) is 0 Å². The minimum atomic E-state index is -0.638. The van der Waals surface area contributed by atoms with Crippen LogP contribution in [0.1, 0.15) is 25.8 Å². The molecule has 2 saturated heterocycles. The van der Waals surface area contributed by atoms with Gasteiger partial charge in [-0.2, -0.15) is 0 Å². The van der Waals surface area contributed by atoms with E-state index in [1.54, 1.807) is 7.11 Å². The predicted molar refractivity (Wildman–Crippen MR) is 93.1 cm³/mol. The molecule has 0 aromatic heterocycles. The summed E-state index contributed by atoms with van der Waals surface area (Å²) in [6.07, 6.45) is 0.122. The molecular formula is C19H29NO5. The summed E-state index contributed by atoms with van der Waals surface area (Å²) in [7, 11) is 1.71. The van der Waals surface area contributed by atoms with E-state index in [0.29, 0.717) is 13.2 Å². The van der Waals surface area contributed by atoms with Crippen LogP contribution in [0.2, 0.25) is 0 Å². The van der Waals surface area contributed by atoms with Crippen molar-refractivity contribution in [3.63, 3.8) is 0 Å². The number of ether oxygens (including phenoxy) is 5. The van der Waals surface area contributed by atoms with Crippen LogP contribution in [-0.4, -0.2) is 57.2 Å². The summed E-state index contributed by atoms with van der Waals surface area (Å²) in [6.45, 7) is 6.66. The van der Waals surface area contributed by atoms with Gasteiger partial charge in [0.05, 0.1) is 6.61 Å². The maximum Gasteiger partial charge on any atom is 0.190 e. The molecule has 2 aliphatic rings. The topological polar surface area (TPSA) is 58.2 Å². The Morgan fingerprint density at radius 2 is 1.96 bits per heavy atom. The van der Waals surface area contributed by atoms with Crippen molar-refractivity contribution in [1.82, 2.24) is 5.32 Å². The molecule has 0 bridgehead atoms. The van der Waals surface area contributed by atoms with Crippen LogP contribution in [0.25, 0.3) is 0 Å². The van der Waals surface area contributed by atoms with Crippen LogP contribution >= 0.6 is 0 Å². The number of fused-ring (bicyclic) bond motifs is 1. The Labute approximate surface area is 149 Å². The number of nitrogens with one attached hydrogen (secondary N) is 1. The smallest absolute Gasteiger partial charge is 0.190 e. The minimum Gasteiger partial charge on any atom is -0.385 e. The van der Waals surface area contributed by atoms with Crippen molar-refractivity contribution < 1.29 is 23.7 Å². The molecule has 0 radical (unpaired) electrons. The molecule has 2 heterocycles. The minimum absolute atomic E-state index is 0.0997. The lowest BCUT2D eigenvalue weighted by molar-refractivity contribution is -0.218. The molecule has 2 aliphatic heterocycles. The molecule has 6 heteroatoms. The Morgan fingerprint density at radius 3 is 2.72 bits per heavy atom. The largest absolute Gasteiger partial charge is 0.385 e. The van der Waals surface area contributed by atoms with Crippen molar-refractivity contribution >= 4 is 0 Å². The van der Waals surface area contributed by atoms with Gasteiger partial charge in [-0.15, -0.1) is 0 Å². The fraction of sp³-hybridized carbons (Fsp3) is 0.684. The lowest BCUT2D eigenvalue weighted by atomic mass is 10.1. The lowest BCUT2D eigenvalue weighted by Crippen LogP contribution is -2.41. The van der Waals surface area contributed by atoms with Crippen LogP contribution in [0.4, 0.5) is 0 Å². The first-order chi connectivity index (χ1) is 12.1. The summed E-state index contributed by atoms with van der Waals surface area (Å²) < 4.78 is 29.2. The summed E-state index contributed by atoms with van der Waals surface area (Å²) in [5.41, 5.74) is 1.14. The third-order valence-corrected chi connectivity index (χ3v) is 4.42. The Hall–Kier alpha value is -1.02. The molecule has 0 amide bonds. The number of methoxy groups -OCH3 is 1. The maximum atomic E-state index is 6.19. The van der Waals surface area contributed by atoms with Crippen LogP contribution < -0.4 is 5.32 Å². The SMILES string of the molecule is COCCCNCC1OC2OC(C)(C)OC2C1OCc1ccccc1. The van der Waals surface area contributed by atoms with Crippen LogP contribution in [-0.2, 0) is 30.3 Å². The van der Waals surface area contributed by atoms with Crippen molar-refractivity contribution in [2.24, 2.45) is 0 Å². The molecule has 25 heavy (non-hydrogen) atoms. The van der Waals surface area contributed by atoms with E-state index in [-0.39, 0.29) is 24.6 Å². The first-order valence-corrected chi connectivity index (χ1v) is 8.95. The molecular weight excluding hydrogens is 322 g/mol. The molecule has 1 N–H and O–H groups in total.